The normalized spacial score (nSPS) is 25.1. The molecule has 0 radical (unpaired) electrons. The Morgan fingerprint density at radius 2 is 2.25 bits per heavy atom. The van der Waals surface area contributed by atoms with Crippen LogP contribution in [0.1, 0.15) is 24.9 Å². The summed E-state index contributed by atoms with van der Waals surface area (Å²) in [5, 5.41) is 13.2. The molecule has 2 heterocycles. The van der Waals surface area contributed by atoms with Crippen LogP contribution in [0.15, 0.2) is 16.5 Å². The van der Waals surface area contributed by atoms with Gasteiger partial charge in [0.15, 0.2) is 0 Å². The summed E-state index contributed by atoms with van der Waals surface area (Å²) in [4.78, 5) is 0. The van der Waals surface area contributed by atoms with E-state index in [0.717, 1.165) is 17.9 Å². The number of aryl methyl sites for hydroxylation is 1. The number of hydrogen-bond acceptors (Lipinski definition) is 4. The van der Waals surface area contributed by atoms with Gasteiger partial charge < -0.3 is 19.6 Å². The molecule has 1 fully saturated rings. The number of furan rings is 1. The van der Waals surface area contributed by atoms with E-state index in [9.17, 15) is 5.11 Å². The van der Waals surface area contributed by atoms with Crippen LogP contribution in [0.3, 0.4) is 0 Å². The average molecular weight is 225 g/mol. The van der Waals surface area contributed by atoms with Crippen molar-refractivity contribution in [2.75, 3.05) is 19.8 Å². The van der Waals surface area contributed by atoms with Gasteiger partial charge in [0, 0.05) is 26.0 Å². The first-order valence-corrected chi connectivity index (χ1v) is 5.80. The highest BCUT2D eigenvalue weighted by Crippen LogP contribution is 2.17. The fourth-order valence-electron chi connectivity index (χ4n) is 1.86. The molecule has 0 saturated carbocycles. The van der Waals surface area contributed by atoms with Crippen molar-refractivity contribution >= 4 is 0 Å². The summed E-state index contributed by atoms with van der Waals surface area (Å²) < 4.78 is 10.7. The number of ether oxygens (including phenoxy) is 1. The van der Waals surface area contributed by atoms with Crippen LogP contribution in [0.5, 0.6) is 0 Å². The minimum atomic E-state index is -0.694. The molecule has 4 heteroatoms. The lowest BCUT2D eigenvalue weighted by Gasteiger charge is -2.20. The summed E-state index contributed by atoms with van der Waals surface area (Å²) in [6.45, 7) is 4.35. The van der Waals surface area contributed by atoms with Gasteiger partial charge in [-0.1, -0.05) is 6.92 Å². The van der Waals surface area contributed by atoms with Gasteiger partial charge >= 0.3 is 0 Å². The zero-order valence-electron chi connectivity index (χ0n) is 9.66. The van der Waals surface area contributed by atoms with E-state index in [2.05, 4.69) is 12.2 Å². The maximum absolute atomic E-state index is 10.0. The fraction of sp³-hybridized carbons (Fsp3) is 0.667. The molecule has 1 saturated heterocycles. The van der Waals surface area contributed by atoms with E-state index in [1.54, 1.807) is 0 Å². The lowest BCUT2D eigenvalue weighted by molar-refractivity contribution is 0.0265. The van der Waals surface area contributed by atoms with E-state index >= 15 is 0 Å². The molecule has 1 aliphatic heterocycles. The standard InChI is InChI=1S/C12H19NO3/c1-2-10-3-4-11(16-10)7-13-8-12(14)5-6-15-9-12/h3-4,13-14H,2,5-9H2,1H3. The van der Waals surface area contributed by atoms with Gasteiger partial charge in [-0.2, -0.15) is 0 Å². The van der Waals surface area contributed by atoms with Gasteiger partial charge in [-0.3, -0.25) is 0 Å². The highest BCUT2D eigenvalue weighted by atomic mass is 16.5. The van der Waals surface area contributed by atoms with E-state index in [-0.39, 0.29) is 0 Å². The van der Waals surface area contributed by atoms with Gasteiger partial charge in [0.05, 0.1) is 13.2 Å². The van der Waals surface area contributed by atoms with Crippen LogP contribution in [0.4, 0.5) is 0 Å². The summed E-state index contributed by atoms with van der Waals surface area (Å²) in [6.07, 6.45) is 1.62. The minimum absolute atomic E-state index is 0.429. The second kappa shape index (κ2) is 4.99. The van der Waals surface area contributed by atoms with Crippen LogP contribution in [0.25, 0.3) is 0 Å². The average Bonchev–Trinajstić information content (AvgIpc) is 2.88. The lowest BCUT2D eigenvalue weighted by Crippen LogP contribution is -2.40. The number of hydrogen-bond donors (Lipinski definition) is 2. The fourth-order valence-corrected chi connectivity index (χ4v) is 1.86. The molecule has 1 aromatic rings. The van der Waals surface area contributed by atoms with Crippen molar-refractivity contribution in [2.45, 2.75) is 31.9 Å². The van der Waals surface area contributed by atoms with Gasteiger partial charge in [0.1, 0.15) is 17.1 Å². The predicted molar refractivity (Wildman–Crippen MR) is 60.2 cm³/mol. The van der Waals surface area contributed by atoms with E-state index in [0.29, 0.717) is 32.7 Å². The summed E-state index contributed by atoms with van der Waals surface area (Å²) >= 11 is 0. The van der Waals surface area contributed by atoms with Crippen LogP contribution < -0.4 is 5.32 Å². The predicted octanol–water partition coefficient (Wildman–Crippen LogP) is 1.08. The third-order valence-electron chi connectivity index (χ3n) is 2.90. The Morgan fingerprint density at radius 1 is 1.44 bits per heavy atom. The van der Waals surface area contributed by atoms with Gasteiger partial charge in [-0.25, -0.2) is 0 Å². The van der Waals surface area contributed by atoms with Crippen LogP contribution in [0, 0.1) is 0 Å². The number of aliphatic hydroxyl groups is 1. The molecule has 1 unspecified atom stereocenters. The Kier molecular flexibility index (Phi) is 3.63. The highest BCUT2D eigenvalue weighted by Gasteiger charge is 2.31. The van der Waals surface area contributed by atoms with Gasteiger partial charge in [-0.05, 0) is 12.1 Å². The topological polar surface area (TPSA) is 54.6 Å². The Labute approximate surface area is 95.6 Å². The third kappa shape index (κ3) is 2.84. The largest absolute Gasteiger partial charge is 0.465 e. The SMILES string of the molecule is CCc1ccc(CNCC2(O)CCOC2)o1. The quantitative estimate of drug-likeness (QED) is 0.787. The zero-order valence-corrected chi connectivity index (χ0v) is 9.66. The molecule has 2 N–H and O–H groups in total. The molecular weight excluding hydrogens is 206 g/mol. The monoisotopic (exact) mass is 225 g/mol. The van der Waals surface area contributed by atoms with Gasteiger partial charge in [0.25, 0.3) is 0 Å². The van der Waals surface area contributed by atoms with E-state index < -0.39 is 5.60 Å². The first-order chi connectivity index (χ1) is 7.72. The van der Waals surface area contributed by atoms with Gasteiger partial charge in [0.2, 0.25) is 0 Å². The van der Waals surface area contributed by atoms with E-state index in [1.807, 2.05) is 12.1 Å². The zero-order chi connectivity index (χ0) is 11.4. The molecule has 2 rings (SSSR count). The molecule has 1 aromatic heterocycles. The number of nitrogens with one attached hydrogen (secondary N) is 1. The minimum Gasteiger partial charge on any atom is -0.465 e. The van der Waals surface area contributed by atoms with Crippen molar-refractivity contribution in [3.63, 3.8) is 0 Å². The first kappa shape index (κ1) is 11.6. The molecular formula is C12H19NO3. The maximum atomic E-state index is 10.0. The van der Waals surface area contributed by atoms with Crippen LogP contribution in [-0.2, 0) is 17.7 Å². The van der Waals surface area contributed by atoms with Crippen LogP contribution >= 0.6 is 0 Å². The Bertz CT molecular complexity index is 329. The van der Waals surface area contributed by atoms with Gasteiger partial charge in [-0.15, -0.1) is 0 Å². The molecule has 0 amide bonds. The van der Waals surface area contributed by atoms with Crippen LogP contribution in [0.2, 0.25) is 0 Å². The summed E-state index contributed by atoms with van der Waals surface area (Å²) in [6, 6.07) is 3.96. The molecule has 0 aromatic carbocycles. The van der Waals surface area contributed by atoms with Crippen molar-refractivity contribution in [3.05, 3.63) is 23.7 Å². The molecule has 16 heavy (non-hydrogen) atoms. The third-order valence-corrected chi connectivity index (χ3v) is 2.90. The Balaban J connectivity index is 1.75. The van der Waals surface area contributed by atoms with Crippen molar-refractivity contribution < 1.29 is 14.3 Å². The lowest BCUT2D eigenvalue weighted by atomic mass is 10.0. The van der Waals surface area contributed by atoms with Crippen LogP contribution in [-0.4, -0.2) is 30.5 Å². The van der Waals surface area contributed by atoms with E-state index in [4.69, 9.17) is 9.15 Å². The van der Waals surface area contributed by atoms with Crippen molar-refractivity contribution in [2.24, 2.45) is 0 Å². The molecule has 0 bridgehead atoms. The van der Waals surface area contributed by atoms with Crippen molar-refractivity contribution in [1.29, 1.82) is 0 Å². The summed E-state index contributed by atoms with van der Waals surface area (Å²) in [5.74, 6) is 1.92. The summed E-state index contributed by atoms with van der Waals surface area (Å²) in [7, 11) is 0. The summed E-state index contributed by atoms with van der Waals surface area (Å²) in [5.41, 5.74) is -0.694. The maximum Gasteiger partial charge on any atom is 0.117 e. The highest BCUT2D eigenvalue weighted by molar-refractivity contribution is 5.06. The van der Waals surface area contributed by atoms with Crippen molar-refractivity contribution in [1.82, 2.24) is 5.32 Å². The second-order valence-corrected chi connectivity index (χ2v) is 4.35. The molecule has 90 valence electrons. The molecule has 4 nitrogen and oxygen atoms in total. The van der Waals surface area contributed by atoms with Crippen molar-refractivity contribution in [3.8, 4) is 0 Å². The second-order valence-electron chi connectivity index (χ2n) is 4.35. The molecule has 1 aliphatic rings. The number of rotatable bonds is 5. The smallest absolute Gasteiger partial charge is 0.117 e. The Morgan fingerprint density at radius 3 is 2.88 bits per heavy atom. The molecule has 0 spiro atoms. The molecule has 0 aliphatic carbocycles. The Hall–Kier alpha value is -0.840. The molecule has 1 atom stereocenters. The van der Waals surface area contributed by atoms with E-state index in [1.165, 1.54) is 0 Å². The first-order valence-electron chi connectivity index (χ1n) is 5.80.